The number of benzene rings is 2. The predicted octanol–water partition coefficient (Wildman–Crippen LogP) is 2.71. The molecule has 1 atom stereocenters. The number of piperidine rings is 1. The first kappa shape index (κ1) is 22.7. The number of piperazine rings is 1. The van der Waals surface area contributed by atoms with Gasteiger partial charge in [-0.05, 0) is 49.6 Å². The summed E-state index contributed by atoms with van der Waals surface area (Å²) in [6.45, 7) is 5.34. The average molecular weight is 466 g/mol. The molecule has 34 heavy (non-hydrogen) atoms. The molecule has 5 rings (SSSR count). The number of carbonyl (C=O) groups excluding carboxylic acids is 2. The van der Waals surface area contributed by atoms with Crippen molar-refractivity contribution in [3.05, 3.63) is 53.8 Å². The normalized spacial score (nSPS) is 20.7. The molecule has 180 valence electrons. The summed E-state index contributed by atoms with van der Waals surface area (Å²) in [5.41, 5.74) is 3.07. The zero-order valence-electron chi connectivity index (χ0n) is 19.7. The molecule has 0 saturated carbocycles. The number of anilines is 3. The fraction of sp³-hybridized carbons (Fsp3) is 0.462. The number of hydrogen-bond donors (Lipinski definition) is 1. The van der Waals surface area contributed by atoms with E-state index >= 15 is 0 Å². The number of carbonyl (C=O) groups is 2. The summed E-state index contributed by atoms with van der Waals surface area (Å²) in [6, 6.07) is 12.5. The van der Waals surface area contributed by atoms with Gasteiger partial charge >= 0.3 is 0 Å². The Hall–Kier alpha value is -3.13. The van der Waals surface area contributed by atoms with Crippen LogP contribution >= 0.6 is 0 Å². The third-order valence-electron chi connectivity index (χ3n) is 7.31. The molecule has 3 heterocycles. The Balaban J connectivity index is 1.15. The van der Waals surface area contributed by atoms with Gasteiger partial charge in [0.05, 0.1) is 17.1 Å². The highest BCUT2D eigenvalue weighted by Gasteiger charge is 2.38. The van der Waals surface area contributed by atoms with Crippen molar-refractivity contribution >= 4 is 28.9 Å². The fourth-order valence-electron chi connectivity index (χ4n) is 5.35. The maximum absolute atomic E-state index is 14.0. The lowest BCUT2D eigenvalue weighted by atomic mass is 9.96. The van der Waals surface area contributed by atoms with E-state index in [9.17, 15) is 14.0 Å². The summed E-state index contributed by atoms with van der Waals surface area (Å²) in [4.78, 5) is 33.9. The highest BCUT2D eigenvalue weighted by molar-refractivity contribution is 6.07. The van der Waals surface area contributed by atoms with E-state index in [1.807, 2.05) is 30.3 Å². The molecule has 3 aliphatic heterocycles. The number of amides is 2. The van der Waals surface area contributed by atoms with Gasteiger partial charge in [0.25, 0.3) is 5.91 Å². The lowest BCUT2D eigenvalue weighted by Crippen LogP contribution is -2.54. The Morgan fingerprint density at radius 1 is 1.00 bits per heavy atom. The lowest BCUT2D eigenvalue weighted by molar-refractivity contribution is -0.120. The first-order valence-corrected chi connectivity index (χ1v) is 12.2. The van der Waals surface area contributed by atoms with Crippen molar-refractivity contribution in [1.82, 2.24) is 10.2 Å². The maximum atomic E-state index is 14.0. The summed E-state index contributed by atoms with van der Waals surface area (Å²) >= 11 is 0. The molecule has 8 heteroatoms. The van der Waals surface area contributed by atoms with Gasteiger partial charge in [0, 0.05) is 58.4 Å². The smallest absolute Gasteiger partial charge is 0.251 e. The largest absolute Gasteiger partial charge is 0.367 e. The van der Waals surface area contributed by atoms with Crippen molar-refractivity contribution < 1.29 is 14.0 Å². The molecule has 0 radical (unpaired) electrons. The van der Waals surface area contributed by atoms with E-state index in [0.29, 0.717) is 17.8 Å². The van der Waals surface area contributed by atoms with E-state index in [1.54, 1.807) is 18.0 Å². The summed E-state index contributed by atoms with van der Waals surface area (Å²) < 4.78 is 14.0. The summed E-state index contributed by atoms with van der Waals surface area (Å²) in [5.74, 6) is -0.204. The molecule has 7 nitrogen and oxygen atoms in total. The maximum Gasteiger partial charge on any atom is 0.251 e. The van der Waals surface area contributed by atoms with Crippen molar-refractivity contribution in [1.29, 1.82) is 0 Å². The first-order valence-electron chi connectivity index (χ1n) is 12.2. The zero-order valence-corrected chi connectivity index (χ0v) is 19.7. The minimum Gasteiger partial charge on any atom is -0.367 e. The molecule has 2 saturated heterocycles. The first-order chi connectivity index (χ1) is 16.5. The van der Waals surface area contributed by atoms with Gasteiger partial charge < -0.3 is 20.0 Å². The second-order valence-corrected chi connectivity index (χ2v) is 9.34. The number of para-hydroxylation sites is 1. The van der Waals surface area contributed by atoms with Crippen molar-refractivity contribution in [3.63, 3.8) is 0 Å². The van der Waals surface area contributed by atoms with E-state index in [0.717, 1.165) is 69.9 Å². The molecule has 2 fully saturated rings. The highest BCUT2D eigenvalue weighted by Crippen LogP contribution is 2.39. The van der Waals surface area contributed by atoms with Gasteiger partial charge in [-0.25, -0.2) is 4.39 Å². The number of rotatable bonds is 5. The van der Waals surface area contributed by atoms with Crippen LogP contribution in [0.25, 0.3) is 0 Å². The van der Waals surface area contributed by atoms with Gasteiger partial charge in [-0.3, -0.25) is 14.5 Å². The topological polar surface area (TPSA) is 59.1 Å². The molecule has 1 N–H and O–H groups in total. The van der Waals surface area contributed by atoms with Crippen molar-refractivity contribution in [3.8, 4) is 0 Å². The number of nitrogens with zero attached hydrogens (tertiary/aromatic N) is 4. The monoisotopic (exact) mass is 465 g/mol. The molecule has 3 aliphatic rings. The number of hydrogen-bond acceptors (Lipinski definition) is 5. The Bertz CT molecular complexity index is 1070. The summed E-state index contributed by atoms with van der Waals surface area (Å²) in [7, 11) is 1.80. The minimum atomic E-state index is -0.184. The Labute approximate surface area is 200 Å². The van der Waals surface area contributed by atoms with Crippen LogP contribution in [-0.4, -0.2) is 75.6 Å². The van der Waals surface area contributed by atoms with Gasteiger partial charge in [-0.2, -0.15) is 0 Å². The highest BCUT2D eigenvalue weighted by atomic mass is 19.1. The van der Waals surface area contributed by atoms with Crippen molar-refractivity contribution in [2.45, 2.75) is 25.3 Å². The third-order valence-corrected chi connectivity index (χ3v) is 7.31. The van der Waals surface area contributed by atoms with Gasteiger partial charge in [0.1, 0.15) is 11.9 Å². The molecule has 0 aromatic heterocycles. The third kappa shape index (κ3) is 4.34. The molecule has 2 aromatic carbocycles. The average Bonchev–Trinajstić information content (AvgIpc) is 2.88. The van der Waals surface area contributed by atoms with Crippen molar-refractivity contribution in [2.24, 2.45) is 0 Å². The Morgan fingerprint density at radius 3 is 2.59 bits per heavy atom. The molecule has 0 unspecified atom stereocenters. The van der Waals surface area contributed by atoms with Crippen LogP contribution in [0, 0.1) is 5.82 Å². The lowest BCUT2D eigenvalue weighted by Gasteiger charge is -2.44. The van der Waals surface area contributed by atoms with E-state index in [2.05, 4.69) is 20.0 Å². The van der Waals surface area contributed by atoms with Crippen LogP contribution in [0.5, 0.6) is 0 Å². The Kier molecular flexibility index (Phi) is 6.41. The van der Waals surface area contributed by atoms with Crippen LogP contribution in [-0.2, 0) is 4.79 Å². The van der Waals surface area contributed by atoms with Gasteiger partial charge in [0.15, 0.2) is 0 Å². The van der Waals surface area contributed by atoms with E-state index in [1.165, 1.54) is 6.07 Å². The van der Waals surface area contributed by atoms with E-state index in [4.69, 9.17) is 0 Å². The number of halogens is 1. The molecule has 2 amide bonds. The zero-order chi connectivity index (χ0) is 23.7. The molecule has 0 aliphatic carbocycles. The molecule has 2 aromatic rings. The van der Waals surface area contributed by atoms with Crippen LogP contribution in [0.3, 0.4) is 0 Å². The summed E-state index contributed by atoms with van der Waals surface area (Å²) in [5, 5.41) is 3.02. The van der Waals surface area contributed by atoms with Gasteiger partial charge in [-0.1, -0.05) is 12.1 Å². The van der Waals surface area contributed by atoms with Gasteiger partial charge in [-0.15, -0.1) is 0 Å². The van der Waals surface area contributed by atoms with Crippen LogP contribution < -0.4 is 20.0 Å². The second-order valence-electron chi connectivity index (χ2n) is 9.34. The molecular weight excluding hydrogens is 433 g/mol. The molecule has 0 spiro atoms. The predicted molar refractivity (Wildman–Crippen MR) is 132 cm³/mol. The molecular formula is C26H32FN5O2. The van der Waals surface area contributed by atoms with Crippen LogP contribution in [0.15, 0.2) is 42.5 Å². The standard InChI is InChI=1S/C26H32FN5O2/c1-29-24-18-19(9-10-22(24)32-12-5-4-8-23(32)26(29)34)25(33)28-11-13-30-14-16-31(17-15-30)21-7-3-2-6-20(21)27/h2-3,6-7,9-10,18,23H,4-5,8,11-17H2,1H3,(H,28,33)/t23-/m1/s1. The van der Waals surface area contributed by atoms with Crippen LogP contribution in [0.2, 0.25) is 0 Å². The van der Waals surface area contributed by atoms with E-state index < -0.39 is 0 Å². The van der Waals surface area contributed by atoms with Crippen LogP contribution in [0.4, 0.5) is 21.5 Å². The SMILES string of the molecule is CN1C(=O)[C@H]2CCCCN2c2ccc(C(=O)NCCN3CCN(c4ccccc4F)CC3)cc21. The quantitative estimate of drug-likeness (QED) is 0.736. The number of nitrogens with one attached hydrogen (secondary N) is 1. The Morgan fingerprint density at radius 2 is 1.79 bits per heavy atom. The number of fused-ring (bicyclic) bond motifs is 3. The fourth-order valence-corrected chi connectivity index (χ4v) is 5.35. The van der Waals surface area contributed by atoms with E-state index in [-0.39, 0.29) is 23.7 Å². The van der Waals surface area contributed by atoms with Crippen molar-refractivity contribution in [2.75, 3.05) is 67.6 Å². The summed E-state index contributed by atoms with van der Waals surface area (Å²) in [6.07, 6.45) is 3.05. The number of likely N-dealkylation sites (N-methyl/N-ethyl adjacent to an activating group) is 1. The second kappa shape index (κ2) is 9.62. The van der Waals surface area contributed by atoms with Gasteiger partial charge in [0.2, 0.25) is 5.91 Å². The van der Waals surface area contributed by atoms with Crippen LogP contribution in [0.1, 0.15) is 29.6 Å². The minimum absolute atomic E-state index is 0.0789. The molecule has 0 bridgehead atoms.